The van der Waals surface area contributed by atoms with E-state index in [9.17, 15) is 4.79 Å². The van der Waals surface area contributed by atoms with E-state index in [1.807, 2.05) is 30.3 Å². The fraction of sp³-hybridized carbons (Fsp3) is 0.292. The molecule has 144 valence electrons. The molecule has 0 spiro atoms. The molecule has 0 saturated carbocycles. The van der Waals surface area contributed by atoms with Crippen molar-refractivity contribution in [2.45, 2.75) is 25.6 Å². The van der Waals surface area contributed by atoms with E-state index in [1.54, 1.807) is 6.07 Å². The Labute approximate surface area is 165 Å². The summed E-state index contributed by atoms with van der Waals surface area (Å²) in [5, 5.41) is 5.72. The van der Waals surface area contributed by atoms with Gasteiger partial charge in [0.1, 0.15) is 0 Å². The molecule has 4 rings (SSSR count). The SMILES string of the molecule is COC(=O)c1cccc(-c2cc(COC3CCCNC3)cc3ccccc23)c1. The minimum atomic E-state index is -0.324. The maximum atomic E-state index is 12.0. The molecule has 0 aliphatic carbocycles. The number of carbonyl (C=O) groups excluding carboxylic acids is 1. The molecule has 1 atom stereocenters. The van der Waals surface area contributed by atoms with Crippen LogP contribution in [0.25, 0.3) is 21.9 Å². The highest BCUT2D eigenvalue weighted by molar-refractivity contribution is 5.99. The zero-order chi connectivity index (χ0) is 19.3. The van der Waals surface area contributed by atoms with Gasteiger partial charge in [-0.2, -0.15) is 0 Å². The second kappa shape index (κ2) is 8.55. The van der Waals surface area contributed by atoms with Crippen LogP contribution in [0, 0.1) is 0 Å². The molecule has 1 fully saturated rings. The molecule has 4 heteroatoms. The Morgan fingerprint density at radius 1 is 1.11 bits per heavy atom. The van der Waals surface area contributed by atoms with Crippen molar-refractivity contribution >= 4 is 16.7 Å². The lowest BCUT2D eigenvalue weighted by Gasteiger charge is -2.23. The van der Waals surface area contributed by atoms with Gasteiger partial charge in [-0.3, -0.25) is 0 Å². The normalized spacial score (nSPS) is 16.8. The monoisotopic (exact) mass is 375 g/mol. The zero-order valence-electron chi connectivity index (χ0n) is 16.1. The minimum Gasteiger partial charge on any atom is -0.465 e. The molecule has 28 heavy (non-hydrogen) atoms. The highest BCUT2D eigenvalue weighted by atomic mass is 16.5. The van der Waals surface area contributed by atoms with Crippen LogP contribution in [0.1, 0.15) is 28.8 Å². The standard InChI is InChI=1S/C24H25NO3/c1-27-24(26)20-8-4-7-19(14-20)23-13-17(12-18-6-2-3-10-22(18)23)16-28-21-9-5-11-25-15-21/h2-4,6-8,10,12-14,21,25H,5,9,11,15-16H2,1H3. The molecule has 0 bridgehead atoms. The molecule has 0 amide bonds. The molecule has 1 heterocycles. The molecule has 3 aromatic carbocycles. The van der Waals surface area contributed by atoms with Crippen molar-refractivity contribution in [1.82, 2.24) is 5.32 Å². The molecule has 1 unspecified atom stereocenters. The van der Waals surface area contributed by atoms with Crippen LogP contribution in [0.4, 0.5) is 0 Å². The quantitative estimate of drug-likeness (QED) is 0.664. The van der Waals surface area contributed by atoms with Gasteiger partial charge in [0.05, 0.1) is 25.4 Å². The van der Waals surface area contributed by atoms with Crippen molar-refractivity contribution in [3.05, 3.63) is 71.8 Å². The molecular formula is C24H25NO3. The lowest BCUT2D eigenvalue weighted by Crippen LogP contribution is -2.35. The Morgan fingerprint density at radius 3 is 2.82 bits per heavy atom. The number of piperidine rings is 1. The Morgan fingerprint density at radius 2 is 2.00 bits per heavy atom. The number of methoxy groups -OCH3 is 1. The summed E-state index contributed by atoms with van der Waals surface area (Å²) in [6, 6.07) is 20.3. The van der Waals surface area contributed by atoms with Gasteiger partial charge in [-0.25, -0.2) is 4.79 Å². The van der Waals surface area contributed by atoms with Crippen molar-refractivity contribution in [3.63, 3.8) is 0 Å². The molecular weight excluding hydrogens is 350 g/mol. The van der Waals surface area contributed by atoms with Crippen molar-refractivity contribution < 1.29 is 14.3 Å². The van der Waals surface area contributed by atoms with E-state index < -0.39 is 0 Å². The average Bonchev–Trinajstić information content (AvgIpc) is 2.77. The largest absolute Gasteiger partial charge is 0.465 e. The van der Waals surface area contributed by atoms with Crippen LogP contribution in [0.15, 0.2) is 60.7 Å². The summed E-state index contributed by atoms with van der Waals surface area (Å²) in [6.45, 7) is 2.58. The van der Waals surface area contributed by atoms with Crippen LogP contribution in [-0.4, -0.2) is 32.3 Å². The summed E-state index contributed by atoms with van der Waals surface area (Å²) in [7, 11) is 1.41. The lowest BCUT2D eigenvalue weighted by molar-refractivity contribution is 0.0253. The van der Waals surface area contributed by atoms with Gasteiger partial charge in [0.25, 0.3) is 0 Å². The van der Waals surface area contributed by atoms with Crippen LogP contribution < -0.4 is 5.32 Å². The third-order valence-corrected chi connectivity index (χ3v) is 5.25. The Bertz CT molecular complexity index is 977. The first-order valence-corrected chi connectivity index (χ1v) is 9.77. The van der Waals surface area contributed by atoms with Gasteiger partial charge in [-0.05, 0) is 71.1 Å². The van der Waals surface area contributed by atoms with Crippen molar-refractivity contribution in [2.24, 2.45) is 0 Å². The first-order chi connectivity index (χ1) is 13.7. The first kappa shape index (κ1) is 18.7. The highest BCUT2D eigenvalue weighted by Crippen LogP contribution is 2.31. The second-order valence-electron chi connectivity index (χ2n) is 7.22. The number of benzene rings is 3. The van der Waals surface area contributed by atoms with Crippen molar-refractivity contribution in [3.8, 4) is 11.1 Å². The number of rotatable bonds is 5. The molecule has 0 aromatic heterocycles. The van der Waals surface area contributed by atoms with Crippen LogP contribution in [0.5, 0.6) is 0 Å². The fourth-order valence-electron chi connectivity index (χ4n) is 3.80. The number of hydrogen-bond donors (Lipinski definition) is 1. The summed E-state index contributed by atoms with van der Waals surface area (Å²) >= 11 is 0. The molecule has 0 radical (unpaired) electrons. The fourth-order valence-corrected chi connectivity index (χ4v) is 3.80. The van der Waals surface area contributed by atoms with E-state index in [-0.39, 0.29) is 12.1 Å². The third kappa shape index (κ3) is 4.08. The van der Waals surface area contributed by atoms with E-state index in [0.29, 0.717) is 12.2 Å². The van der Waals surface area contributed by atoms with Crippen molar-refractivity contribution in [1.29, 1.82) is 0 Å². The Hall–Kier alpha value is -2.69. The van der Waals surface area contributed by atoms with Gasteiger partial charge < -0.3 is 14.8 Å². The van der Waals surface area contributed by atoms with Crippen molar-refractivity contribution in [2.75, 3.05) is 20.2 Å². The van der Waals surface area contributed by atoms with Crippen LogP contribution in [0.2, 0.25) is 0 Å². The predicted molar refractivity (Wildman–Crippen MR) is 111 cm³/mol. The van der Waals surface area contributed by atoms with E-state index in [0.717, 1.165) is 48.0 Å². The van der Waals surface area contributed by atoms with E-state index in [2.05, 4.69) is 29.6 Å². The summed E-state index contributed by atoms with van der Waals surface area (Å²) in [5.74, 6) is -0.324. The van der Waals surface area contributed by atoms with Gasteiger partial charge in [-0.1, -0.05) is 36.4 Å². The number of carbonyl (C=O) groups is 1. The Balaban J connectivity index is 1.69. The Kier molecular flexibility index (Phi) is 5.70. The highest BCUT2D eigenvalue weighted by Gasteiger charge is 2.14. The molecule has 1 aliphatic rings. The molecule has 4 nitrogen and oxygen atoms in total. The summed E-state index contributed by atoms with van der Waals surface area (Å²) in [4.78, 5) is 12.0. The van der Waals surface area contributed by atoms with Gasteiger partial charge in [-0.15, -0.1) is 0 Å². The van der Waals surface area contributed by atoms with Crippen LogP contribution in [-0.2, 0) is 16.1 Å². The van der Waals surface area contributed by atoms with E-state index >= 15 is 0 Å². The van der Waals surface area contributed by atoms with Gasteiger partial charge in [0.15, 0.2) is 0 Å². The van der Waals surface area contributed by atoms with E-state index in [4.69, 9.17) is 9.47 Å². The third-order valence-electron chi connectivity index (χ3n) is 5.25. The van der Waals surface area contributed by atoms with Crippen LogP contribution in [0.3, 0.4) is 0 Å². The maximum Gasteiger partial charge on any atom is 0.337 e. The molecule has 1 N–H and O–H groups in total. The van der Waals surface area contributed by atoms with E-state index in [1.165, 1.54) is 12.5 Å². The first-order valence-electron chi connectivity index (χ1n) is 9.77. The topological polar surface area (TPSA) is 47.6 Å². The minimum absolute atomic E-state index is 0.270. The summed E-state index contributed by atoms with van der Waals surface area (Å²) in [5.41, 5.74) is 3.80. The number of fused-ring (bicyclic) bond motifs is 1. The summed E-state index contributed by atoms with van der Waals surface area (Å²) < 4.78 is 11.0. The molecule has 1 aliphatic heterocycles. The second-order valence-corrected chi connectivity index (χ2v) is 7.22. The van der Waals surface area contributed by atoms with Gasteiger partial charge in [0.2, 0.25) is 0 Å². The molecule has 1 saturated heterocycles. The lowest BCUT2D eigenvalue weighted by atomic mass is 9.94. The maximum absolute atomic E-state index is 12.0. The predicted octanol–water partition coefficient (Wildman–Crippen LogP) is 4.56. The summed E-state index contributed by atoms with van der Waals surface area (Å²) in [6.07, 6.45) is 2.54. The number of esters is 1. The molecule has 3 aromatic rings. The number of hydrogen-bond acceptors (Lipinski definition) is 4. The van der Waals surface area contributed by atoms with Gasteiger partial charge >= 0.3 is 5.97 Å². The average molecular weight is 375 g/mol. The zero-order valence-corrected chi connectivity index (χ0v) is 16.1. The van der Waals surface area contributed by atoms with Gasteiger partial charge in [0, 0.05) is 6.54 Å². The van der Waals surface area contributed by atoms with Crippen LogP contribution >= 0.6 is 0 Å². The number of ether oxygens (including phenoxy) is 2. The smallest absolute Gasteiger partial charge is 0.337 e. The number of nitrogens with one attached hydrogen (secondary N) is 1.